The largest absolute Gasteiger partial charge is 0.426 e. The predicted octanol–water partition coefficient (Wildman–Crippen LogP) is 4.47. The van der Waals surface area contributed by atoms with Gasteiger partial charge < -0.3 is 10.1 Å². The van der Waals surface area contributed by atoms with Gasteiger partial charge in [-0.1, -0.05) is 32.9 Å². The molecular formula is C20H25NO3S. The Hall–Kier alpha value is -2.14. The Morgan fingerprint density at radius 2 is 1.96 bits per heavy atom. The van der Waals surface area contributed by atoms with Gasteiger partial charge in [0.05, 0.1) is 0 Å². The normalized spacial score (nSPS) is 11.2. The van der Waals surface area contributed by atoms with E-state index < -0.39 is 0 Å². The first kappa shape index (κ1) is 19.2. The van der Waals surface area contributed by atoms with Crippen LogP contribution in [0.3, 0.4) is 0 Å². The van der Waals surface area contributed by atoms with E-state index in [9.17, 15) is 9.59 Å². The molecule has 0 saturated carbocycles. The van der Waals surface area contributed by atoms with Crippen molar-refractivity contribution in [2.75, 3.05) is 6.54 Å². The maximum absolute atomic E-state index is 12.0. The number of carbonyl (C=O) groups excluding carboxylic acids is 2. The smallest absolute Gasteiger partial charge is 0.311 e. The molecule has 2 rings (SSSR count). The number of carbonyl (C=O) groups is 2. The highest BCUT2D eigenvalue weighted by atomic mass is 32.1. The molecule has 0 atom stereocenters. The highest BCUT2D eigenvalue weighted by molar-refractivity contribution is 7.08. The molecule has 0 fully saturated rings. The van der Waals surface area contributed by atoms with Crippen molar-refractivity contribution in [1.82, 2.24) is 5.32 Å². The molecule has 0 spiro atoms. The first-order chi connectivity index (χ1) is 11.8. The number of nitrogens with one attached hydrogen (secondary N) is 1. The second-order valence-electron chi connectivity index (χ2n) is 7.08. The van der Waals surface area contributed by atoms with Crippen molar-refractivity contribution in [3.05, 3.63) is 51.7 Å². The van der Waals surface area contributed by atoms with Crippen LogP contribution >= 0.6 is 11.3 Å². The lowest BCUT2D eigenvalue weighted by atomic mass is 9.86. The number of benzene rings is 1. The minimum atomic E-state index is -0.281. The molecule has 0 aliphatic rings. The second kappa shape index (κ2) is 8.30. The molecule has 0 aliphatic carbocycles. The Labute approximate surface area is 153 Å². The maximum atomic E-state index is 12.0. The summed E-state index contributed by atoms with van der Waals surface area (Å²) < 4.78 is 5.44. The fraction of sp³-hybridized carbons (Fsp3) is 0.400. The average Bonchev–Trinajstić information content (AvgIpc) is 3.07. The summed E-state index contributed by atoms with van der Waals surface area (Å²) in [5.74, 6) is 0.208. The van der Waals surface area contributed by atoms with Gasteiger partial charge in [-0.3, -0.25) is 9.59 Å². The lowest BCUT2D eigenvalue weighted by Gasteiger charge is -2.20. The Morgan fingerprint density at radius 1 is 1.20 bits per heavy atom. The maximum Gasteiger partial charge on any atom is 0.311 e. The summed E-state index contributed by atoms with van der Waals surface area (Å²) in [7, 11) is 0. The number of amides is 1. The average molecular weight is 359 g/mol. The minimum absolute atomic E-state index is 0.0635. The van der Waals surface area contributed by atoms with Gasteiger partial charge in [0, 0.05) is 23.9 Å². The van der Waals surface area contributed by atoms with Crippen LogP contribution in [-0.4, -0.2) is 18.4 Å². The van der Waals surface area contributed by atoms with E-state index in [1.54, 1.807) is 11.4 Å². The third-order valence-corrected chi connectivity index (χ3v) is 4.57. The summed E-state index contributed by atoms with van der Waals surface area (Å²) in [4.78, 5) is 23.8. The number of thiophene rings is 1. The van der Waals surface area contributed by atoms with E-state index in [2.05, 4.69) is 32.2 Å². The quantitative estimate of drug-likeness (QED) is 0.470. The van der Waals surface area contributed by atoms with Crippen molar-refractivity contribution in [1.29, 1.82) is 0 Å². The zero-order valence-corrected chi connectivity index (χ0v) is 16.0. The Balaban J connectivity index is 1.78. The molecule has 1 heterocycles. The lowest BCUT2D eigenvalue weighted by molar-refractivity contribution is -0.134. The molecule has 0 aliphatic heterocycles. The van der Waals surface area contributed by atoms with Crippen LogP contribution in [0, 0.1) is 6.92 Å². The van der Waals surface area contributed by atoms with E-state index in [0.717, 1.165) is 5.56 Å². The van der Waals surface area contributed by atoms with E-state index >= 15 is 0 Å². The Bertz CT molecular complexity index is 730. The highest BCUT2D eigenvalue weighted by Gasteiger charge is 2.16. The first-order valence-electron chi connectivity index (χ1n) is 8.39. The van der Waals surface area contributed by atoms with Crippen LogP contribution in [-0.2, 0) is 10.2 Å². The van der Waals surface area contributed by atoms with Crippen molar-refractivity contribution in [3.8, 4) is 5.75 Å². The molecule has 0 unspecified atom stereocenters. The number of hydrogen-bond donors (Lipinski definition) is 1. The van der Waals surface area contributed by atoms with Crippen molar-refractivity contribution in [2.24, 2.45) is 0 Å². The van der Waals surface area contributed by atoms with Gasteiger partial charge in [-0.2, -0.15) is 11.3 Å². The van der Waals surface area contributed by atoms with E-state index in [1.165, 1.54) is 16.9 Å². The topological polar surface area (TPSA) is 55.4 Å². The molecule has 2 aromatic rings. The standard InChI is InChI=1S/C20H25NO3S/c1-14-12-16(20(2,3)4)7-8-17(14)24-18(22)6-5-10-21-19(23)15-9-11-25-13-15/h7-9,11-13H,5-6,10H2,1-4H3,(H,21,23). The van der Waals surface area contributed by atoms with Gasteiger partial charge in [0.1, 0.15) is 5.75 Å². The predicted molar refractivity (Wildman–Crippen MR) is 101 cm³/mol. The molecule has 1 aromatic heterocycles. The number of rotatable bonds is 6. The Morgan fingerprint density at radius 3 is 2.56 bits per heavy atom. The van der Waals surface area contributed by atoms with E-state index in [0.29, 0.717) is 24.3 Å². The van der Waals surface area contributed by atoms with Crippen molar-refractivity contribution in [3.63, 3.8) is 0 Å². The summed E-state index contributed by atoms with van der Waals surface area (Å²) in [6.45, 7) is 8.85. The summed E-state index contributed by atoms with van der Waals surface area (Å²) >= 11 is 1.48. The summed E-state index contributed by atoms with van der Waals surface area (Å²) in [5, 5.41) is 6.46. The van der Waals surface area contributed by atoms with E-state index in [4.69, 9.17) is 4.74 Å². The second-order valence-corrected chi connectivity index (χ2v) is 7.86. The zero-order chi connectivity index (χ0) is 18.4. The van der Waals surface area contributed by atoms with Crippen LogP contribution in [0.15, 0.2) is 35.0 Å². The van der Waals surface area contributed by atoms with Gasteiger partial charge in [-0.05, 0) is 47.4 Å². The fourth-order valence-corrected chi connectivity index (χ4v) is 2.97. The fourth-order valence-electron chi connectivity index (χ4n) is 2.33. The minimum Gasteiger partial charge on any atom is -0.426 e. The number of aryl methyl sites for hydroxylation is 1. The number of esters is 1. The molecule has 0 saturated heterocycles. The first-order valence-corrected chi connectivity index (χ1v) is 9.34. The third kappa shape index (κ3) is 5.71. The van der Waals surface area contributed by atoms with Gasteiger partial charge >= 0.3 is 5.97 Å². The summed E-state index contributed by atoms with van der Waals surface area (Å²) in [6, 6.07) is 7.69. The van der Waals surface area contributed by atoms with Gasteiger partial charge in [-0.25, -0.2) is 0 Å². The van der Waals surface area contributed by atoms with Gasteiger partial charge in [-0.15, -0.1) is 0 Å². The van der Waals surface area contributed by atoms with Gasteiger partial charge in [0.25, 0.3) is 5.91 Å². The molecule has 25 heavy (non-hydrogen) atoms. The molecular weight excluding hydrogens is 334 g/mol. The molecule has 0 radical (unpaired) electrons. The third-order valence-electron chi connectivity index (χ3n) is 3.89. The number of ether oxygens (including phenoxy) is 1. The van der Waals surface area contributed by atoms with Crippen LogP contribution in [0.4, 0.5) is 0 Å². The van der Waals surface area contributed by atoms with Crippen LogP contribution in [0.5, 0.6) is 5.75 Å². The molecule has 1 aromatic carbocycles. The van der Waals surface area contributed by atoms with Gasteiger partial charge in [0.15, 0.2) is 0 Å². The molecule has 5 heteroatoms. The van der Waals surface area contributed by atoms with Crippen LogP contribution < -0.4 is 10.1 Å². The SMILES string of the molecule is Cc1cc(C(C)(C)C)ccc1OC(=O)CCCNC(=O)c1ccsc1. The van der Waals surface area contributed by atoms with Crippen molar-refractivity contribution < 1.29 is 14.3 Å². The molecule has 1 amide bonds. The summed E-state index contributed by atoms with van der Waals surface area (Å²) in [5.41, 5.74) is 2.88. The zero-order valence-electron chi connectivity index (χ0n) is 15.2. The van der Waals surface area contributed by atoms with E-state index in [-0.39, 0.29) is 23.7 Å². The summed E-state index contributed by atoms with van der Waals surface area (Å²) in [6.07, 6.45) is 0.818. The molecule has 1 N–H and O–H groups in total. The molecule has 0 bridgehead atoms. The molecule has 4 nitrogen and oxygen atoms in total. The number of hydrogen-bond acceptors (Lipinski definition) is 4. The lowest BCUT2D eigenvalue weighted by Crippen LogP contribution is -2.24. The molecule has 134 valence electrons. The highest BCUT2D eigenvalue weighted by Crippen LogP contribution is 2.27. The van der Waals surface area contributed by atoms with Crippen LogP contribution in [0.2, 0.25) is 0 Å². The van der Waals surface area contributed by atoms with Crippen LogP contribution in [0.1, 0.15) is 55.1 Å². The monoisotopic (exact) mass is 359 g/mol. The van der Waals surface area contributed by atoms with Crippen molar-refractivity contribution in [2.45, 2.75) is 46.0 Å². The van der Waals surface area contributed by atoms with Gasteiger partial charge in [0.2, 0.25) is 0 Å². The Kier molecular flexibility index (Phi) is 6.37. The van der Waals surface area contributed by atoms with E-state index in [1.807, 2.05) is 24.4 Å². The van der Waals surface area contributed by atoms with Crippen LogP contribution in [0.25, 0.3) is 0 Å². The van der Waals surface area contributed by atoms with Crippen molar-refractivity contribution >= 4 is 23.2 Å².